The van der Waals surface area contributed by atoms with Crippen molar-refractivity contribution in [2.45, 2.75) is 0 Å². The van der Waals surface area contributed by atoms with Crippen LogP contribution in [-0.4, -0.2) is 6.54 Å². The van der Waals surface area contributed by atoms with Crippen molar-refractivity contribution in [2.75, 3.05) is 11.9 Å². The zero-order valence-corrected chi connectivity index (χ0v) is 8.35. The number of allylic oxidation sites excluding steroid dienone is 2. The van der Waals surface area contributed by atoms with Gasteiger partial charge in [-0.1, -0.05) is 36.4 Å². The largest absolute Gasteiger partial charge is 0.383 e. The van der Waals surface area contributed by atoms with Gasteiger partial charge in [0, 0.05) is 12.5 Å². The Morgan fingerprint density at radius 3 is 2.67 bits per heavy atom. The lowest BCUT2D eigenvalue weighted by Crippen LogP contribution is -2.09. The highest BCUT2D eigenvalue weighted by Gasteiger charge is 2.04. The van der Waals surface area contributed by atoms with Crippen LogP contribution in [0.1, 0.15) is 5.56 Å². The molecule has 1 aromatic carbocycles. The van der Waals surface area contributed by atoms with Crippen molar-refractivity contribution in [1.29, 1.82) is 5.26 Å². The molecule has 2 rings (SSSR count). The molecule has 0 radical (unpaired) electrons. The van der Waals surface area contributed by atoms with Crippen molar-refractivity contribution in [1.82, 2.24) is 0 Å². The van der Waals surface area contributed by atoms with Crippen LogP contribution >= 0.6 is 0 Å². The molecule has 1 aromatic rings. The Balaban J connectivity index is 2.02. The second-order valence-electron chi connectivity index (χ2n) is 3.47. The third-order valence-corrected chi connectivity index (χ3v) is 2.40. The van der Waals surface area contributed by atoms with Crippen LogP contribution in [0.3, 0.4) is 0 Å². The zero-order chi connectivity index (χ0) is 10.5. The van der Waals surface area contributed by atoms with Crippen molar-refractivity contribution in [3.05, 3.63) is 54.1 Å². The van der Waals surface area contributed by atoms with Crippen molar-refractivity contribution >= 4 is 5.69 Å². The number of hydrogen-bond donors (Lipinski definition) is 1. The summed E-state index contributed by atoms with van der Waals surface area (Å²) >= 11 is 0. The van der Waals surface area contributed by atoms with E-state index in [1.54, 1.807) is 0 Å². The first kappa shape index (κ1) is 9.54. The van der Waals surface area contributed by atoms with E-state index in [9.17, 15) is 0 Å². The van der Waals surface area contributed by atoms with E-state index in [0.717, 1.165) is 12.2 Å². The summed E-state index contributed by atoms with van der Waals surface area (Å²) in [4.78, 5) is 0. The minimum absolute atomic E-state index is 0.441. The van der Waals surface area contributed by atoms with Gasteiger partial charge in [0.25, 0.3) is 0 Å². The second kappa shape index (κ2) is 4.47. The molecule has 0 atom stereocenters. The molecule has 0 heterocycles. The van der Waals surface area contributed by atoms with Gasteiger partial charge < -0.3 is 5.32 Å². The van der Waals surface area contributed by atoms with Gasteiger partial charge in [-0.25, -0.2) is 0 Å². The third kappa shape index (κ3) is 2.26. The van der Waals surface area contributed by atoms with Gasteiger partial charge in [0.05, 0.1) is 11.3 Å². The highest BCUT2D eigenvalue weighted by molar-refractivity contribution is 5.57. The summed E-state index contributed by atoms with van der Waals surface area (Å²) in [7, 11) is 0. The first-order valence-corrected chi connectivity index (χ1v) is 4.98. The quantitative estimate of drug-likeness (QED) is 0.806. The molecule has 1 aliphatic carbocycles. The number of nitrogens with zero attached hydrogens (tertiary/aromatic N) is 1. The number of nitriles is 1. The molecule has 15 heavy (non-hydrogen) atoms. The molecule has 0 spiro atoms. The first-order chi connectivity index (χ1) is 7.40. The van der Waals surface area contributed by atoms with E-state index >= 15 is 0 Å². The Bertz CT molecular complexity index is 426. The average Bonchev–Trinajstić information content (AvgIpc) is 2.79. The topological polar surface area (TPSA) is 35.8 Å². The molecule has 0 fully saturated rings. The fraction of sp³-hybridized carbons (Fsp3) is 0.154. The summed E-state index contributed by atoms with van der Waals surface area (Å²) < 4.78 is 0. The molecule has 0 aliphatic heterocycles. The smallest absolute Gasteiger partial charge is 0.101 e. The molecule has 0 amide bonds. The molecular weight excluding hydrogens is 184 g/mol. The monoisotopic (exact) mass is 196 g/mol. The molecule has 74 valence electrons. The summed E-state index contributed by atoms with van der Waals surface area (Å²) in [6.07, 6.45) is 8.37. The van der Waals surface area contributed by atoms with Crippen LogP contribution in [0.15, 0.2) is 48.6 Å². The first-order valence-electron chi connectivity index (χ1n) is 4.98. The Hall–Kier alpha value is -2.01. The molecule has 1 aliphatic rings. The molecule has 0 saturated heterocycles. The Morgan fingerprint density at radius 2 is 1.93 bits per heavy atom. The number of para-hydroxylation sites is 1. The van der Waals surface area contributed by atoms with Gasteiger partial charge in [-0.05, 0) is 12.1 Å². The molecule has 1 N–H and O–H groups in total. The second-order valence-corrected chi connectivity index (χ2v) is 3.47. The number of rotatable bonds is 3. The van der Waals surface area contributed by atoms with E-state index in [4.69, 9.17) is 5.26 Å². The van der Waals surface area contributed by atoms with E-state index in [2.05, 4.69) is 23.5 Å². The minimum Gasteiger partial charge on any atom is -0.383 e. The Morgan fingerprint density at radius 1 is 1.20 bits per heavy atom. The summed E-state index contributed by atoms with van der Waals surface area (Å²) in [5.74, 6) is 0.441. The van der Waals surface area contributed by atoms with E-state index < -0.39 is 0 Å². The number of benzene rings is 1. The normalized spacial score (nSPS) is 14.1. The molecule has 2 heteroatoms. The predicted octanol–water partition coefficient (Wildman–Crippen LogP) is 2.71. The van der Waals surface area contributed by atoms with Crippen molar-refractivity contribution < 1.29 is 0 Å². The van der Waals surface area contributed by atoms with Crippen molar-refractivity contribution in [3.63, 3.8) is 0 Å². The van der Waals surface area contributed by atoms with Crippen LogP contribution in [-0.2, 0) is 0 Å². The molecule has 2 nitrogen and oxygen atoms in total. The molecule has 0 aromatic heterocycles. The fourth-order valence-electron chi connectivity index (χ4n) is 1.58. The fourth-order valence-corrected chi connectivity index (χ4v) is 1.58. The average molecular weight is 196 g/mol. The van der Waals surface area contributed by atoms with Crippen LogP contribution in [0.25, 0.3) is 0 Å². The molecule has 0 bridgehead atoms. The highest BCUT2D eigenvalue weighted by Crippen LogP contribution is 2.15. The lowest BCUT2D eigenvalue weighted by Gasteiger charge is -2.10. The summed E-state index contributed by atoms with van der Waals surface area (Å²) in [5, 5.41) is 12.2. The number of anilines is 1. The van der Waals surface area contributed by atoms with Gasteiger partial charge in [0.2, 0.25) is 0 Å². The molecule has 0 saturated carbocycles. The lowest BCUT2D eigenvalue weighted by molar-refractivity contribution is 0.871. The third-order valence-electron chi connectivity index (χ3n) is 2.40. The van der Waals surface area contributed by atoms with E-state index in [0.29, 0.717) is 11.5 Å². The maximum atomic E-state index is 8.89. The van der Waals surface area contributed by atoms with E-state index in [-0.39, 0.29) is 0 Å². The summed E-state index contributed by atoms with van der Waals surface area (Å²) in [5.41, 5.74) is 1.61. The number of hydrogen-bond acceptors (Lipinski definition) is 2. The van der Waals surface area contributed by atoms with Crippen LogP contribution in [0.5, 0.6) is 0 Å². The Labute approximate surface area is 89.5 Å². The highest BCUT2D eigenvalue weighted by atomic mass is 14.9. The maximum absolute atomic E-state index is 8.89. The van der Waals surface area contributed by atoms with Crippen LogP contribution < -0.4 is 5.32 Å². The predicted molar refractivity (Wildman–Crippen MR) is 61.4 cm³/mol. The van der Waals surface area contributed by atoms with E-state index in [1.807, 2.05) is 36.4 Å². The SMILES string of the molecule is N#Cc1ccccc1NCC1C=CC=C1. The summed E-state index contributed by atoms with van der Waals surface area (Å²) in [6.45, 7) is 0.839. The van der Waals surface area contributed by atoms with Crippen LogP contribution in [0, 0.1) is 17.2 Å². The van der Waals surface area contributed by atoms with Gasteiger partial charge in [-0.2, -0.15) is 5.26 Å². The van der Waals surface area contributed by atoms with Crippen LogP contribution in [0.4, 0.5) is 5.69 Å². The van der Waals surface area contributed by atoms with Gasteiger partial charge in [-0.15, -0.1) is 0 Å². The maximum Gasteiger partial charge on any atom is 0.101 e. The standard InChI is InChI=1S/C13H12N2/c14-9-12-7-3-4-8-13(12)15-10-11-5-1-2-6-11/h1-8,11,15H,10H2. The van der Waals surface area contributed by atoms with Gasteiger partial charge >= 0.3 is 0 Å². The van der Waals surface area contributed by atoms with Gasteiger partial charge in [0.15, 0.2) is 0 Å². The molecule has 0 unspecified atom stereocenters. The zero-order valence-electron chi connectivity index (χ0n) is 8.35. The van der Waals surface area contributed by atoms with Gasteiger partial charge in [-0.3, -0.25) is 0 Å². The van der Waals surface area contributed by atoms with Crippen LogP contribution in [0.2, 0.25) is 0 Å². The number of nitrogens with one attached hydrogen (secondary N) is 1. The van der Waals surface area contributed by atoms with Crippen molar-refractivity contribution in [2.24, 2.45) is 5.92 Å². The summed E-state index contributed by atoms with van der Waals surface area (Å²) in [6, 6.07) is 9.73. The van der Waals surface area contributed by atoms with Crippen molar-refractivity contribution in [3.8, 4) is 6.07 Å². The van der Waals surface area contributed by atoms with E-state index in [1.165, 1.54) is 0 Å². The Kier molecular flexibility index (Phi) is 2.85. The van der Waals surface area contributed by atoms with Gasteiger partial charge in [0.1, 0.15) is 6.07 Å². The minimum atomic E-state index is 0.441. The molecular formula is C13H12N2. The lowest BCUT2D eigenvalue weighted by atomic mass is 10.1.